The summed E-state index contributed by atoms with van der Waals surface area (Å²) >= 11 is 0. The number of hydrogen-bond donors (Lipinski definition) is 3. The number of nitrogens with two attached hydrogens (primary N) is 1. The van der Waals surface area contributed by atoms with Crippen molar-refractivity contribution in [2.45, 2.75) is 11.8 Å². The standard InChI is InChI=1S/C6H12N4O4S2/c1-5-6(4-8-10-5)16(13,14)9-2-3-15(7,11)12/h4,9H,2-3H2,1H3,(H,8,10)(H2,7,11,12). The summed E-state index contributed by atoms with van der Waals surface area (Å²) in [5, 5.41) is 10.8. The van der Waals surface area contributed by atoms with E-state index in [9.17, 15) is 16.8 Å². The lowest BCUT2D eigenvalue weighted by molar-refractivity contribution is 0.581. The predicted octanol–water partition coefficient (Wildman–Crippen LogP) is -1.72. The normalized spacial score (nSPS) is 12.9. The van der Waals surface area contributed by atoms with E-state index in [1.54, 1.807) is 6.92 Å². The molecule has 0 radical (unpaired) electrons. The molecule has 0 aliphatic carbocycles. The van der Waals surface area contributed by atoms with Gasteiger partial charge in [-0.3, -0.25) is 5.10 Å². The second-order valence-electron chi connectivity index (χ2n) is 3.12. The van der Waals surface area contributed by atoms with Crippen LogP contribution in [0.3, 0.4) is 0 Å². The average molecular weight is 268 g/mol. The van der Waals surface area contributed by atoms with Crippen molar-refractivity contribution in [1.29, 1.82) is 0 Å². The first-order chi connectivity index (χ1) is 7.22. The lowest BCUT2D eigenvalue weighted by atomic mass is 10.5. The van der Waals surface area contributed by atoms with Crippen molar-refractivity contribution in [3.8, 4) is 0 Å². The summed E-state index contributed by atoms with van der Waals surface area (Å²) in [7, 11) is -7.41. The number of aromatic amines is 1. The van der Waals surface area contributed by atoms with E-state index in [0.717, 1.165) is 6.20 Å². The Labute approximate surface area is 93.3 Å². The van der Waals surface area contributed by atoms with E-state index in [1.165, 1.54) is 0 Å². The van der Waals surface area contributed by atoms with Crippen molar-refractivity contribution >= 4 is 20.0 Å². The van der Waals surface area contributed by atoms with Crippen molar-refractivity contribution in [3.63, 3.8) is 0 Å². The van der Waals surface area contributed by atoms with E-state index in [4.69, 9.17) is 5.14 Å². The number of sulfonamides is 2. The van der Waals surface area contributed by atoms with E-state index in [1.807, 2.05) is 0 Å². The molecule has 10 heteroatoms. The monoisotopic (exact) mass is 268 g/mol. The van der Waals surface area contributed by atoms with Gasteiger partial charge in [0, 0.05) is 6.54 Å². The molecule has 0 bridgehead atoms. The van der Waals surface area contributed by atoms with Crippen LogP contribution in [-0.4, -0.2) is 39.3 Å². The number of primary sulfonamides is 1. The van der Waals surface area contributed by atoms with Crippen LogP contribution < -0.4 is 9.86 Å². The minimum Gasteiger partial charge on any atom is -0.281 e. The molecular weight excluding hydrogens is 256 g/mol. The lowest BCUT2D eigenvalue weighted by Gasteiger charge is -2.04. The summed E-state index contributed by atoms with van der Waals surface area (Å²) in [6.07, 6.45) is 1.15. The van der Waals surface area contributed by atoms with Crippen molar-refractivity contribution in [1.82, 2.24) is 14.9 Å². The van der Waals surface area contributed by atoms with Gasteiger partial charge in [-0.25, -0.2) is 26.7 Å². The maximum atomic E-state index is 11.6. The van der Waals surface area contributed by atoms with Crippen LogP contribution in [0, 0.1) is 6.92 Å². The highest BCUT2D eigenvalue weighted by Crippen LogP contribution is 2.09. The Morgan fingerprint density at radius 2 is 2.06 bits per heavy atom. The van der Waals surface area contributed by atoms with Gasteiger partial charge in [-0.1, -0.05) is 0 Å². The van der Waals surface area contributed by atoms with Crippen molar-refractivity contribution in [2.24, 2.45) is 5.14 Å². The zero-order valence-corrected chi connectivity index (χ0v) is 10.1. The molecule has 1 rings (SSSR count). The Morgan fingerprint density at radius 1 is 1.44 bits per heavy atom. The first-order valence-electron chi connectivity index (χ1n) is 4.22. The molecule has 0 aromatic carbocycles. The average Bonchev–Trinajstić information content (AvgIpc) is 2.48. The molecule has 0 atom stereocenters. The third-order valence-corrected chi connectivity index (χ3v) is 4.10. The summed E-state index contributed by atoms with van der Waals surface area (Å²) in [5.74, 6) is -0.455. The van der Waals surface area contributed by atoms with Crippen LogP contribution in [0.2, 0.25) is 0 Å². The minimum absolute atomic E-state index is 0.0121. The van der Waals surface area contributed by atoms with Gasteiger partial charge in [0.05, 0.1) is 17.6 Å². The van der Waals surface area contributed by atoms with Crippen molar-refractivity contribution < 1.29 is 16.8 Å². The van der Waals surface area contributed by atoms with E-state index in [2.05, 4.69) is 14.9 Å². The zero-order chi connectivity index (χ0) is 12.4. The second-order valence-corrected chi connectivity index (χ2v) is 6.59. The highest BCUT2D eigenvalue weighted by atomic mass is 32.2. The molecule has 0 aliphatic rings. The topological polar surface area (TPSA) is 135 Å². The van der Waals surface area contributed by atoms with Crippen LogP contribution in [-0.2, 0) is 20.0 Å². The van der Waals surface area contributed by atoms with Gasteiger partial charge in [0.1, 0.15) is 4.90 Å². The molecule has 16 heavy (non-hydrogen) atoms. The number of nitrogens with zero attached hydrogens (tertiary/aromatic N) is 1. The molecule has 0 amide bonds. The molecule has 0 spiro atoms. The number of aromatic nitrogens is 2. The first-order valence-corrected chi connectivity index (χ1v) is 7.42. The van der Waals surface area contributed by atoms with Gasteiger partial charge < -0.3 is 0 Å². The maximum Gasteiger partial charge on any atom is 0.243 e. The Bertz CT molecular complexity index is 559. The number of nitrogens with one attached hydrogen (secondary N) is 2. The van der Waals surface area contributed by atoms with Gasteiger partial charge >= 0.3 is 0 Å². The molecule has 8 nitrogen and oxygen atoms in total. The van der Waals surface area contributed by atoms with Gasteiger partial charge in [-0.2, -0.15) is 5.10 Å². The molecule has 0 saturated carbocycles. The molecule has 1 aromatic rings. The highest BCUT2D eigenvalue weighted by molar-refractivity contribution is 7.90. The van der Waals surface area contributed by atoms with Gasteiger partial charge in [-0.05, 0) is 6.92 Å². The fourth-order valence-electron chi connectivity index (χ4n) is 1.01. The van der Waals surface area contributed by atoms with Gasteiger partial charge in [0.25, 0.3) is 0 Å². The van der Waals surface area contributed by atoms with E-state index in [0.29, 0.717) is 5.69 Å². The van der Waals surface area contributed by atoms with Crippen LogP contribution in [0.5, 0.6) is 0 Å². The molecule has 1 aromatic heterocycles. The van der Waals surface area contributed by atoms with Crippen molar-refractivity contribution in [3.05, 3.63) is 11.9 Å². The second kappa shape index (κ2) is 4.49. The predicted molar refractivity (Wildman–Crippen MR) is 56.5 cm³/mol. The highest BCUT2D eigenvalue weighted by Gasteiger charge is 2.18. The van der Waals surface area contributed by atoms with Crippen molar-refractivity contribution in [2.75, 3.05) is 12.3 Å². The summed E-state index contributed by atoms with van der Waals surface area (Å²) < 4.78 is 46.5. The van der Waals surface area contributed by atoms with Crippen LogP contribution in [0.4, 0.5) is 0 Å². The molecule has 4 N–H and O–H groups in total. The van der Waals surface area contributed by atoms with Gasteiger partial charge in [0.2, 0.25) is 20.0 Å². The number of aryl methyl sites for hydroxylation is 1. The molecule has 0 aliphatic heterocycles. The van der Waals surface area contributed by atoms with E-state index < -0.39 is 25.8 Å². The molecule has 1 heterocycles. The SMILES string of the molecule is Cc1[nH]ncc1S(=O)(=O)NCCS(N)(=O)=O. The Balaban J connectivity index is 2.72. The third kappa shape index (κ3) is 3.56. The zero-order valence-electron chi connectivity index (χ0n) is 8.47. The van der Waals surface area contributed by atoms with E-state index in [-0.39, 0.29) is 11.4 Å². The summed E-state index contributed by atoms with van der Waals surface area (Å²) in [5.41, 5.74) is 0.378. The molecular formula is C6H12N4O4S2. The smallest absolute Gasteiger partial charge is 0.243 e. The Kier molecular flexibility index (Phi) is 3.68. The summed E-state index contributed by atoms with van der Waals surface area (Å²) in [4.78, 5) is -0.0121. The molecule has 92 valence electrons. The number of rotatable bonds is 5. The lowest BCUT2D eigenvalue weighted by Crippen LogP contribution is -2.31. The summed E-state index contributed by atoms with van der Waals surface area (Å²) in [6.45, 7) is 1.27. The fourth-order valence-corrected chi connectivity index (χ4v) is 2.69. The quantitative estimate of drug-likeness (QED) is 0.584. The third-order valence-electron chi connectivity index (χ3n) is 1.75. The van der Waals surface area contributed by atoms with Crippen LogP contribution in [0.15, 0.2) is 11.1 Å². The number of H-pyrrole nitrogens is 1. The minimum atomic E-state index is -3.73. The summed E-state index contributed by atoms with van der Waals surface area (Å²) in [6, 6.07) is 0. The molecule has 0 fully saturated rings. The molecule has 0 saturated heterocycles. The Hall–Kier alpha value is -0.970. The largest absolute Gasteiger partial charge is 0.281 e. The van der Waals surface area contributed by atoms with E-state index >= 15 is 0 Å². The first kappa shape index (κ1) is 13.1. The van der Waals surface area contributed by atoms with Crippen LogP contribution >= 0.6 is 0 Å². The number of hydrogen-bond acceptors (Lipinski definition) is 5. The Morgan fingerprint density at radius 3 is 2.50 bits per heavy atom. The molecule has 0 unspecified atom stereocenters. The maximum absolute atomic E-state index is 11.6. The van der Waals surface area contributed by atoms with Crippen LogP contribution in [0.25, 0.3) is 0 Å². The van der Waals surface area contributed by atoms with Crippen LogP contribution in [0.1, 0.15) is 5.69 Å². The van der Waals surface area contributed by atoms with Gasteiger partial charge in [0.15, 0.2) is 0 Å². The van der Waals surface area contributed by atoms with Gasteiger partial charge in [-0.15, -0.1) is 0 Å². The fraction of sp³-hybridized carbons (Fsp3) is 0.500.